The summed E-state index contributed by atoms with van der Waals surface area (Å²) in [7, 11) is 0. The van der Waals surface area contributed by atoms with Crippen LogP contribution in [0.3, 0.4) is 0 Å². The number of nitrogens with one attached hydrogen (secondary N) is 1. The second-order valence-electron chi connectivity index (χ2n) is 4.69. The van der Waals surface area contributed by atoms with E-state index in [4.69, 9.17) is 4.74 Å². The van der Waals surface area contributed by atoms with E-state index in [-0.39, 0.29) is 17.6 Å². The highest BCUT2D eigenvalue weighted by atomic mass is 16.5. The quantitative estimate of drug-likeness (QED) is 0.847. The highest BCUT2D eigenvalue weighted by Gasteiger charge is 2.21. The molecule has 4 nitrogen and oxygen atoms in total. The topological polar surface area (TPSA) is 55.4 Å². The van der Waals surface area contributed by atoms with E-state index in [1.54, 1.807) is 18.2 Å². The molecular weight excluding hydrogens is 242 g/mol. The first-order valence-electron chi connectivity index (χ1n) is 6.76. The maximum atomic E-state index is 12.3. The van der Waals surface area contributed by atoms with Crippen LogP contribution in [0.5, 0.6) is 5.75 Å². The Balaban J connectivity index is 2.34. The summed E-state index contributed by atoms with van der Waals surface area (Å²) in [6.45, 7) is 4.96. The number of carbonyl (C=O) groups excluding carboxylic acids is 2. The monoisotopic (exact) mass is 261 g/mol. The van der Waals surface area contributed by atoms with Gasteiger partial charge in [-0.1, -0.05) is 13.8 Å². The van der Waals surface area contributed by atoms with Gasteiger partial charge < -0.3 is 10.1 Å². The molecule has 0 aromatic heterocycles. The van der Waals surface area contributed by atoms with Gasteiger partial charge in [0.15, 0.2) is 5.78 Å². The Bertz CT molecular complexity index is 492. The Labute approximate surface area is 113 Å². The normalized spacial score (nSPS) is 14.4. The molecule has 0 atom stereocenters. The summed E-state index contributed by atoms with van der Waals surface area (Å²) in [5.41, 5.74) is 1.04. The third-order valence-corrected chi connectivity index (χ3v) is 3.51. The second kappa shape index (κ2) is 5.87. The molecule has 0 fully saturated rings. The molecule has 2 rings (SSSR count). The Morgan fingerprint density at radius 2 is 2.11 bits per heavy atom. The number of fused-ring (bicyclic) bond motifs is 1. The zero-order valence-electron chi connectivity index (χ0n) is 11.4. The third-order valence-electron chi connectivity index (χ3n) is 3.51. The minimum atomic E-state index is -0.174. The van der Waals surface area contributed by atoms with E-state index in [0.717, 1.165) is 12.8 Å². The largest absolute Gasteiger partial charge is 0.491 e. The van der Waals surface area contributed by atoms with Crippen LogP contribution in [0.2, 0.25) is 0 Å². The molecular formula is C15H19NO3. The van der Waals surface area contributed by atoms with Gasteiger partial charge in [0.05, 0.1) is 12.1 Å². The lowest BCUT2D eigenvalue weighted by molar-refractivity contribution is 0.0913. The lowest BCUT2D eigenvalue weighted by Gasteiger charge is -2.12. The molecule has 0 unspecified atom stereocenters. The molecule has 1 aliphatic rings. The fourth-order valence-corrected chi connectivity index (χ4v) is 2.30. The molecule has 1 heterocycles. The number of rotatable bonds is 4. The second-order valence-corrected chi connectivity index (χ2v) is 4.69. The van der Waals surface area contributed by atoms with Crippen LogP contribution < -0.4 is 10.1 Å². The lowest BCUT2D eigenvalue weighted by Crippen LogP contribution is -2.24. The third kappa shape index (κ3) is 2.78. The molecule has 0 bridgehead atoms. The Morgan fingerprint density at radius 3 is 2.79 bits per heavy atom. The van der Waals surface area contributed by atoms with Crippen LogP contribution in [0.1, 0.15) is 47.4 Å². The van der Waals surface area contributed by atoms with Gasteiger partial charge in [-0.15, -0.1) is 0 Å². The van der Waals surface area contributed by atoms with Crippen LogP contribution >= 0.6 is 0 Å². The van der Waals surface area contributed by atoms with Crippen molar-refractivity contribution in [2.45, 2.75) is 26.7 Å². The lowest BCUT2D eigenvalue weighted by atomic mass is 9.92. The van der Waals surface area contributed by atoms with Crippen LogP contribution in [0, 0.1) is 5.92 Å². The maximum absolute atomic E-state index is 12.3. The minimum Gasteiger partial charge on any atom is -0.491 e. The molecule has 0 radical (unpaired) electrons. The van der Waals surface area contributed by atoms with Crippen molar-refractivity contribution < 1.29 is 14.3 Å². The van der Waals surface area contributed by atoms with E-state index in [1.165, 1.54) is 0 Å². The van der Waals surface area contributed by atoms with Gasteiger partial charge in [0.2, 0.25) is 0 Å². The number of ketones is 1. The molecule has 1 aromatic rings. The van der Waals surface area contributed by atoms with Gasteiger partial charge in [0.25, 0.3) is 5.91 Å². The van der Waals surface area contributed by atoms with Gasteiger partial charge in [-0.25, -0.2) is 0 Å². The van der Waals surface area contributed by atoms with Crippen molar-refractivity contribution in [2.75, 3.05) is 13.2 Å². The van der Waals surface area contributed by atoms with Crippen molar-refractivity contribution in [1.29, 1.82) is 0 Å². The summed E-state index contributed by atoms with van der Waals surface area (Å²) in [5.74, 6) is 0.500. The van der Waals surface area contributed by atoms with Crippen molar-refractivity contribution in [3.05, 3.63) is 29.3 Å². The molecule has 1 aromatic carbocycles. The predicted molar refractivity (Wildman–Crippen MR) is 72.7 cm³/mol. The summed E-state index contributed by atoms with van der Waals surface area (Å²) in [6, 6.07) is 5.12. The molecule has 1 aliphatic heterocycles. The summed E-state index contributed by atoms with van der Waals surface area (Å²) in [5, 5.41) is 2.75. The number of amides is 1. The first kappa shape index (κ1) is 13.6. The molecule has 0 saturated carbocycles. The number of ether oxygens (including phenoxy) is 1. The Kier molecular flexibility index (Phi) is 4.20. The van der Waals surface area contributed by atoms with Crippen LogP contribution in [0.4, 0.5) is 0 Å². The highest BCUT2D eigenvalue weighted by Crippen LogP contribution is 2.24. The number of Topliss-reactive ketones (excluding diaryl/α,β-unsaturated/α-hetero) is 1. The average Bonchev–Trinajstić information content (AvgIpc) is 2.62. The molecule has 4 heteroatoms. The van der Waals surface area contributed by atoms with Gasteiger partial charge in [-0.2, -0.15) is 0 Å². The van der Waals surface area contributed by atoms with Crippen molar-refractivity contribution >= 4 is 11.7 Å². The Hall–Kier alpha value is -1.84. The van der Waals surface area contributed by atoms with Crippen LogP contribution in [0.15, 0.2) is 18.2 Å². The van der Waals surface area contributed by atoms with E-state index in [1.807, 2.05) is 13.8 Å². The molecule has 1 amide bonds. The average molecular weight is 261 g/mol. The van der Waals surface area contributed by atoms with Crippen LogP contribution in [-0.4, -0.2) is 24.8 Å². The summed E-state index contributed by atoms with van der Waals surface area (Å²) >= 11 is 0. The van der Waals surface area contributed by atoms with E-state index in [0.29, 0.717) is 30.0 Å². The summed E-state index contributed by atoms with van der Waals surface area (Å²) < 4.78 is 5.47. The van der Waals surface area contributed by atoms with Gasteiger partial charge in [0, 0.05) is 11.5 Å². The van der Waals surface area contributed by atoms with Crippen molar-refractivity contribution in [1.82, 2.24) is 5.32 Å². The van der Waals surface area contributed by atoms with E-state index in [2.05, 4.69) is 5.32 Å². The van der Waals surface area contributed by atoms with Gasteiger partial charge in [-0.05, 0) is 31.0 Å². The van der Waals surface area contributed by atoms with E-state index in [9.17, 15) is 9.59 Å². The molecule has 0 spiro atoms. The predicted octanol–water partition coefficient (Wildman–Crippen LogP) is 2.43. The zero-order valence-corrected chi connectivity index (χ0v) is 11.4. The van der Waals surface area contributed by atoms with Crippen molar-refractivity contribution in [3.63, 3.8) is 0 Å². The highest BCUT2D eigenvalue weighted by molar-refractivity contribution is 6.03. The number of carbonyl (C=O) groups is 2. The van der Waals surface area contributed by atoms with Gasteiger partial charge in [-0.3, -0.25) is 9.59 Å². The Morgan fingerprint density at radius 1 is 1.37 bits per heavy atom. The first-order chi connectivity index (χ1) is 9.17. The zero-order chi connectivity index (χ0) is 13.8. The first-order valence-corrected chi connectivity index (χ1v) is 6.76. The molecule has 1 N–H and O–H groups in total. The van der Waals surface area contributed by atoms with Crippen LogP contribution in [0.25, 0.3) is 0 Å². The minimum absolute atomic E-state index is 0.0211. The smallest absolute Gasteiger partial charge is 0.255 e. The van der Waals surface area contributed by atoms with E-state index < -0.39 is 0 Å². The van der Waals surface area contributed by atoms with Crippen LogP contribution in [-0.2, 0) is 0 Å². The molecule has 0 aliphatic carbocycles. The van der Waals surface area contributed by atoms with Crippen molar-refractivity contribution in [2.24, 2.45) is 5.92 Å². The number of benzene rings is 1. The summed E-state index contributed by atoms with van der Waals surface area (Å²) in [6.07, 6.45) is 1.63. The SMILES string of the molecule is CCC(CC)C(=O)c1ccc2c(c1)C(=O)NCCO2. The fraction of sp³-hybridized carbons (Fsp3) is 0.467. The maximum Gasteiger partial charge on any atom is 0.255 e. The van der Waals surface area contributed by atoms with Gasteiger partial charge >= 0.3 is 0 Å². The van der Waals surface area contributed by atoms with Crippen molar-refractivity contribution in [3.8, 4) is 5.75 Å². The number of hydrogen-bond acceptors (Lipinski definition) is 3. The van der Waals surface area contributed by atoms with E-state index >= 15 is 0 Å². The standard InChI is InChI=1S/C15H19NO3/c1-3-10(4-2)14(17)11-5-6-13-12(9-11)15(18)16-7-8-19-13/h5-6,9-10H,3-4,7-8H2,1-2H3,(H,16,18). The fourth-order valence-electron chi connectivity index (χ4n) is 2.30. The number of hydrogen-bond donors (Lipinski definition) is 1. The summed E-state index contributed by atoms with van der Waals surface area (Å²) in [4.78, 5) is 24.2. The molecule has 19 heavy (non-hydrogen) atoms. The van der Waals surface area contributed by atoms with Gasteiger partial charge in [0.1, 0.15) is 12.4 Å². The molecule has 0 saturated heterocycles. The molecule has 102 valence electrons.